The van der Waals surface area contributed by atoms with Crippen molar-refractivity contribution in [3.8, 4) is 0 Å². The molecule has 1 atom stereocenters. The van der Waals surface area contributed by atoms with Gasteiger partial charge in [-0.05, 0) is 49.8 Å². The monoisotopic (exact) mass is 386 g/mol. The lowest BCUT2D eigenvalue weighted by Gasteiger charge is -2.41. The number of benzene rings is 1. The molecule has 1 nitrogen and oxygen atoms in total. The van der Waals surface area contributed by atoms with Gasteiger partial charge < -0.3 is 5.11 Å². The Bertz CT molecular complexity index is 634. The molecule has 0 saturated heterocycles. The zero-order valence-electron chi connectivity index (χ0n) is 20.0. The van der Waals surface area contributed by atoms with Crippen LogP contribution in [0.25, 0.3) is 0 Å². The Morgan fingerprint density at radius 3 is 2.07 bits per heavy atom. The van der Waals surface area contributed by atoms with Gasteiger partial charge in [-0.15, -0.1) is 0 Å². The highest BCUT2D eigenvalue weighted by molar-refractivity contribution is 5.49. The maximum Gasteiger partial charge on any atom is 0.117 e. The van der Waals surface area contributed by atoms with Crippen LogP contribution in [0.1, 0.15) is 117 Å². The van der Waals surface area contributed by atoms with Gasteiger partial charge in [0.25, 0.3) is 0 Å². The number of allylic oxidation sites excluding steroid dienone is 1. The van der Waals surface area contributed by atoms with Gasteiger partial charge in [-0.3, -0.25) is 0 Å². The van der Waals surface area contributed by atoms with E-state index < -0.39 is 5.60 Å². The van der Waals surface area contributed by atoms with Crippen LogP contribution in [0.5, 0.6) is 0 Å². The lowest BCUT2D eigenvalue weighted by atomic mass is 9.68. The lowest BCUT2D eigenvalue weighted by molar-refractivity contribution is -0.0287. The van der Waals surface area contributed by atoms with Crippen LogP contribution < -0.4 is 0 Å². The number of hydrogen-bond acceptors (Lipinski definition) is 1. The summed E-state index contributed by atoms with van der Waals surface area (Å²) < 4.78 is 0. The summed E-state index contributed by atoms with van der Waals surface area (Å²) in [4.78, 5) is 0. The SMILES string of the molecule is CCC/C(=C(/C)CC)C1(O)c2cc(C)ccc2CC1(C)C.CCCCCCC. The summed E-state index contributed by atoms with van der Waals surface area (Å²) in [5, 5.41) is 11.8. The molecule has 1 unspecified atom stereocenters. The maximum absolute atomic E-state index is 11.8. The summed E-state index contributed by atoms with van der Waals surface area (Å²) in [7, 11) is 0. The average Bonchev–Trinajstić information content (AvgIpc) is 2.86. The largest absolute Gasteiger partial charge is 0.380 e. The van der Waals surface area contributed by atoms with Crippen LogP contribution in [0.2, 0.25) is 0 Å². The van der Waals surface area contributed by atoms with Crippen LogP contribution in [-0.2, 0) is 12.0 Å². The molecule has 0 radical (unpaired) electrons. The van der Waals surface area contributed by atoms with Crippen LogP contribution in [0, 0.1) is 12.3 Å². The number of aryl methyl sites for hydroxylation is 1. The van der Waals surface area contributed by atoms with Crippen LogP contribution in [-0.4, -0.2) is 5.11 Å². The van der Waals surface area contributed by atoms with Gasteiger partial charge in [-0.1, -0.05) is 109 Å². The third-order valence-corrected chi connectivity index (χ3v) is 6.46. The predicted octanol–water partition coefficient (Wildman–Crippen LogP) is 8.27. The average molecular weight is 387 g/mol. The van der Waals surface area contributed by atoms with E-state index in [0.29, 0.717) is 0 Å². The molecular weight excluding hydrogens is 340 g/mol. The van der Waals surface area contributed by atoms with Crippen molar-refractivity contribution in [2.75, 3.05) is 0 Å². The molecular formula is C27H46O. The molecule has 0 aromatic heterocycles. The maximum atomic E-state index is 11.8. The first kappa shape index (κ1) is 25.0. The van der Waals surface area contributed by atoms with E-state index in [1.165, 1.54) is 54.4 Å². The minimum Gasteiger partial charge on any atom is -0.380 e. The number of unbranched alkanes of at least 4 members (excludes halogenated alkanes) is 4. The van der Waals surface area contributed by atoms with Crippen molar-refractivity contribution in [2.24, 2.45) is 5.41 Å². The van der Waals surface area contributed by atoms with Crippen molar-refractivity contribution in [1.82, 2.24) is 0 Å². The summed E-state index contributed by atoms with van der Waals surface area (Å²) in [6, 6.07) is 6.56. The Kier molecular flexibility index (Phi) is 9.98. The summed E-state index contributed by atoms with van der Waals surface area (Å²) in [6.07, 6.45) is 11.0. The summed E-state index contributed by atoms with van der Waals surface area (Å²) in [5.74, 6) is 0. The highest BCUT2D eigenvalue weighted by atomic mass is 16.3. The van der Waals surface area contributed by atoms with E-state index in [0.717, 1.165) is 31.2 Å². The van der Waals surface area contributed by atoms with Gasteiger partial charge in [0, 0.05) is 5.41 Å². The highest BCUT2D eigenvalue weighted by Crippen LogP contribution is 2.55. The Balaban J connectivity index is 0.000000480. The lowest BCUT2D eigenvalue weighted by Crippen LogP contribution is -2.41. The van der Waals surface area contributed by atoms with E-state index in [-0.39, 0.29) is 5.41 Å². The second-order valence-electron chi connectivity index (χ2n) is 9.35. The molecule has 0 bridgehead atoms. The van der Waals surface area contributed by atoms with Crippen molar-refractivity contribution >= 4 is 0 Å². The second-order valence-corrected chi connectivity index (χ2v) is 9.35. The first-order chi connectivity index (χ1) is 13.2. The first-order valence-electron chi connectivity index (χ1n) is 11.7. The van der Waals surface area contributed by atoms with Crippen molar-refractivity contribution in [2.45, 2.75) is 119 Å². The number of hydrogen-bond donors (Lipinski definition) is 1. The minimum absolute atomic E-state index is 0.149. The minimum atomic E-state index is -0.815. The fourth-order valence-electron chi connectivity index (χ4n) is 4.56. The van der Waals surface area contributed by atoms with E-state index in [1.54, 1.807) is 0 Å². The number of rotatable bonds is 8. The van der Waals surface area contributed by atoms with Gasteiger partial charge >= 0.3 is 0 Å². The third kappa shape index (κ3) is 5.50. The molecule has 1 aliphatic carbocycles. The van der Waals surface area contributed by atoms with E-state index in [2.05, 4.69) is 73.6 Å². The van der Waals surface area contributed by atoms with Crippen LogP contribution in [0.4, 0.5) is 0 Å². The molecule has 1 aromatic rings. The standard InChI is InChI=1S/C20H30O.C7H16/c1-7-9-17(15(4)8-2)20(21)18-12-14(3)10-11-16(18)13-19(20,5)6;1-3-5-7-6-4-2/h10-12,21H,7-9,13H2,1-6H3;3-7H2,1-2H3/b17-15+;. The molecule has 0 heterocycles. The van der Waals surface area contributed by atoms with Crippen molar-refractivity contribution in [3.05, 3.63) is 46.0 Å². The van der Waals surface area contributed by atoms with Gasteiger partial charge in [-0.25, -0.2) is 0 Å². The van der Waals surface area contributed by atoms with E-state index in [4.69, 9.17) is 0 Å². The zero-order valence-corrected chi connectivity index (χ0v) is 20.0. The van der Waals surface area contributed by atoms with Gasteiger partial charge in [0.05, 0.1) is 0 Å². The number of aliphatic hydroxyl groups is 1. The van der Waals surface area contributed by atoms with Crippen LogP contribution >= 0.6 is 0 Å². The van der Waals surface area contributed by atoms with Crippen molar-refractivity contribution in [1.29, 1.82) is 0 Å². The summed E-state index contributed by atoms with van der Waals surface area (Å²) in [6.45, 7) is 17.6. The zero-order chi connectivity index (χ0) is 21.4. The second kappa shape index (κ2) is 11.2. The van der Waals surface area contributed by atoms with Gasteiger partial charge in [0.15, 0.2) is 0 Å². The molecule has 1 aliphatic rings. The van der Waals surface area contributed by atoms with Gasteiger partial charge in [0.1, 0.15) is 5.60 Å². The summed E-state index contributed by atoms with van der Waals surface area (Å²) >= 11 is 0. The molecule has 160 valence electrons. The molecule has 28 heavy (non-hydrogen) atoms. The Morgan fingerprint density at radius 2 is 1.57 bits per heavy atom. The smallest absolute Gasteiger partial charge is 0.117 e. The first-order valence-corrected chi connectivity index (χ1v) is 11.7. The number of fused-ring (bicyclic) bond motifs is 1. The van der Waals surface area contributed by atoms with E-state index >= 15 is 0 Å². The topological polar surface area (TPSA) is 20.2 Å². The summed E-state index contributed by atoms with van der Waals surface area (Å²) in [5.41, 5.74) is 5.32. The van der Waals surface area contributed by atoms with Crippen LogP contribution in [0.15, 0.2) is 29.3 Å². The molecule has 0 saturated carbocycles. The van der Waals surface area contributed by atoms with Crippen molar-refractivity contribution < 1.29 is 5.11 Å². The van der Waals surface area contributed by atoms with Gasteiger partial charge in [0.2, 0.25) is 0 Å². The Hall–Kier alpha value is -1.08. The molecule has 0 amide bonds. The van der Waals surface area contributed by atoms with E-state index in [9.17, 15) is 5.11 Å². The molecule has 0 spiro atoms. The normalized spacial score (nSPS) is 20.9. The fourth-order valence-corrected chi connectivity index (χ4v) is 4.56. The van der Waals surface area contributed by atoms with Crippen molar-refractivity contribution in [3.63, 3.8) is 0 Å². The molecule has 0 aliphatic heterocycles. The molecule has 1 heteroatoms. The predicted molar refractivity (Wildman–Crippen MR) is 125 cm³/mol. The quantitative estimate of drug-likeness (QED) is 0.352. The van der Waals surface area contributed by atoms with Gasteiger partial charge in [-0.2, -0.15) is 0 Å². The Labute approximate surface area is 175 Å². The molecule has 2 rings (SSSR count). The molecule has 1 N–H and O–H groups in total. The molecule has 1 aromatic carbocycles. The molecule has 0 fully saturated rings. The van der Waals surface area contributed by atoms with Crippen LogP contribution in [0.3, 0.4) is 0 Å². The van der Waals surface area contributed by atoms with E-state index in [1.807, 2.05) is 0 Å². The highest BCUT2D eigenvalue weighted by Gasteiger charge is 2.53. The Morgan fingerprint density at radius 1 is 0.964 bits per heavy atom. The third-order valence-electron chi connectivity index (χ3n) is 6.46. The fraction of sp³-hybridized carbons (Fsp3) is 0.704.